The van der Waals surface area contributed by atoms with Crippen molar-refractivity contribution in [3.05, 3.63) is 0 Å². The predicted molar refractivity (Wildman–Crippen MR) is 71.1 cm³/mol. The van der Waals surface area contributed by atoms with E-state index in [-0.39, 0.29) is 13.0 Å². The van der Waals surface area contributed by atoms with Crippen molar-refractivity contribution in [2.75, 3.05) is 6.54 Å². The molecular formula is C13H25NO5. The Kier molecular flexibility index (Phi) is 6.29. The molecule has 0 heterocycles. The van der Waals surface area contributed by atoms with Crippen LogP contribution in [-0.4, -0.2) is 41.0 Å². The van der Waals surface area contributed by atoms with Gasteiger partial charge in [0.05, 0.1) is 5.60 Å². The van der Waals surface area contributed by atoms with Crippen LogP contribution < -0.4 is 5.32 Å². The Morgan fingerprint density at radius 1 is 1.11 bits per heavy atom. The summed E-state index contributed by atoms with van der Waals surface area (Å²) in [5.74, 6) is -0.477. The third kappa shape index (κ3) is 10.3. The molecular weight excluding hydrogens is 250 g/mol. The van der Waals surface area contributed by atoms with E-state index in [0.29, 0.717) is 0 Å². The van der Waals surface area contributed by atoms with E-state index in [4.69, 9.17) is 14.6 Å². The van der Waals surface area contributed by atoms with Gasteiger partial charge in [-0.3, -0.25) is 0 Å². The summed E-state index contributed by atoms with van der Waals surface area (Å²) in [5.41, 5.74) is -1.11. The Balaban J connectivity index is 4.57. The number of carbonyl (C=O) groups excluding carboxylic acids is 1. The Bertz CT molecular complexity index is 314. The maximum Gasteiger partial charge on any atom is 0.404 e. The van der Waals surface area contributed by atoms with Crippen LogP contribution in [0.2, 0.25) is 0 Å². The van der Waals surface area contributed by atoms with Gasteiger partial charge in [-0.05, 0) is 41.5 Å². The van der Waals surface area contributed by atoms with Gasteiger partial charge in [-0.2, -0.15) is 0 Å². The molecule has 0 aliphatic heterocycles. The lowest BCUT2D eigenvalue weighted by molar-refractivity contribution is -0.177. The summed E-state index contributed by atoms with van der Waals surface area (Å²) in [4.78, 5) is 22.4. The molecule has 0 rings (SSSR count). The first kappa shape index (κ1) is 17.7. The summed E-state index contributed by atoms with van der Waals surface area (Å²) in [6.45, 7) is 10.9. The predicted octanol–water partition coefficient (Wildman–Crippen LogP) is 2.17. The highest BCUT2D eigenvalue weighted by atomic mass is 16.6. The summed E-state index contributed by atoms with van der Waals surface area (Å²) in [6, 6.07) is 0. The monoisotopic (exact) mass is 275 g/mol. The molecule has 0 radical (unpaired) electrons. The van der Waals surface area contributed by atoms with Crippen LogP contribution >= 0.6 is 0 Å². The molecule has 0 saturated heterocycles. The molecule has 0 aromatic carbocycles. The minimum absolute atomic E-state index is 0.134. The Morgan fingerprint density at radius 3 is 2.00 bits per heavy atom. The van der Waals surface area contributed by atoms with Gasteiger partial charge in [0.2, 0.25) is 0 Å². The lowest BCUT2D eigenvalue weighted by atomic mass is 10.1. The fourth-order valence-electron chi connectivity index (χ4n) is 1.33. The molecule has 0 saturated carbocycles. The topological polar surface area (TPSA) is 84.9 Å². The second kappa shape index (κ2) is 6.75. The van der Waals surface area contributed by atoms with Gasteiger partial charge in [-0.25, -0.2) is 9.59 Å². The largest absolute Gasteiger partial charge is 0.465 e. The second-order valence-corrected chi connectivity index (χ2v) is 6.27. The van der Waals surface area contributed by atoms with Crippen molar-refractivity contribution in [1.82, 2.24) is 5.32 Å². The first-order valence-corrected chi connectivity index (χ1v) is 6.28. The summed E-state index contributed by atoms with van der Waals surface area (Å²) >= 11 is 0. The van der Waals surface area contributed by atoms with Crippen LogP contribution in [0.25, 0.3) is 0 Å². The molecule has 2 N–H and O–H groups in total. The van der Waals surface area contributed by atoms with Crippen LogP contribution in [0.3, 0.4) is 0 Å². The van der Waals surface area contributed by atoms with Crippen LogP contribution in [0.5, 0.6) is 0 Å². The number of esters is 1. The smallest absolute Gasteiger partial charge is 0.404 e. The number of carbonyl (C=O) groups is 2. The molecule has 0 spiro atoms. The van der Waals surface area contributed by atoms with E-state index in [9.17, 15) is 9.59 Å². The van der Waals surface area contributed by atoms with Gasteiger partial charge in [0.25, 0.3) is 0 Å². The Labute approximate surface area is 114 Å². The van der Waals surface area contributed by atoms with Crippen LogP contribution in [-0.2, 0) is 14.3 Å². The number of amides is 1. The van der Waals surface area contributed by atoms with Crippen molar-refractivity contribution in [2.45, 2.75) is 65.3 Å². The Morgan fingerprint density at radius 2 is 1.63 bits per heavy atom. The van der Waals surface area contributed by atoms with Crippen molar-refractivity contribution in [3.8, 4) is 0 Å². The average Bonchev–Trinajstić information content (AvgIpc) is 2.10. The van der Waals surface area contributed by atoms with Crippen molar-refractivity contribution >= 4 is 12.1 Å². The van der Waals surface area contributed by atoms with E-state index in [0.717, 1.165) is 0 Å². The van der Waals surface area contributed by atoms with Crippen LogP contribution in [0.4, 0.5) is 4.79 Å². The zero-order valence-electron chi connectivity index (χ0n) is 12.6. The first-order valence-electron chi connectivity index (χ1n) is 6.28. The number of nitrogens with one attached hydrogen (secondary N) is 1. The molecule has 0 aromatic rings. The number of hydrogen-bond donors (Lipinski definition) is 2. The quantitative estimate of drug-likeness (QED) is 0.751. The van der Waals surface area contributed by atoms with Crippen LogP contribution in [0.15, 0.2) is 0 Å². The minimum Gasteiger partial charge on any atom is -0.465 e. The van der Waals surface area contributed by atoms with E-state index in [1.54, 1.807) is 20.8 Å². The zero-order chi connectivity index (χ0) is 15.3. The molecule has 0 aromatic heterocycles. The molecule has 0 bridgehead atoms. The van der Waals surface area contributed by atoms with Gasteiger partial charge in [0.15, 0.2) is 6.10 Å². The van der Waals surface area contributed by atoms with Gasteiger partial charge < -0.3 is 19.9 Å². The summed E-state index contributed by atoms with van der Waals surface area (Å²) < 4.78 is 10.9. The van der Waals surface area contributed by atoms with Crippen LogP contribution in [0.1, 0.15) is 48.0 Å². The lowest BCUT2D eigenvalue weighted by Gasteiger charge is -2.29. The van der Waals surface area contributed by atoms with Crippen molar-refractivity contribution < 1.29 is 24.2 Å². The average molecular weight is 275 g/mol. The number of ether oxygens (including phenoxy) is 2. The van der Waals surface area contributed by atoms with E-state index in [2.05, 4.69) is 5.32 Å². The van der Waals surface area contributed by atoms with Gasteiger partial charge in [-0.15, -0.1) is 0 Å². The van der Waals surface area contributed by atoms with E-state index in [1.807, 2.05) is 20.8 Å². The highest BCUT2D eigenvalue weighted by Gasteiger charge is 2.29. The lowest BCUT2D eigenvalue weighted by Crippen LogP contribution is -2.40. The molecule has 6 nitrogen and oxygen atoms in total. The molecule has 112 valence electrons. The molecule has 0 fully saturated rings. The highest BCUT2D eigenvalue weighted by Crippen LogP contribution is 2.17. The van der Waals surface area contributed by atoms with Gasteiger partial charge in [0.1, 0.15) is 5.60 Å². The fraction of sp³-hybridized carbons (Fsp3) is 0.846. The van der Waals surface area contributed by atoms with Crippen LogP contribution in [0, 0.1) is 0 Å². The van der Waals surface area contributed by atoms with E-state index >= 15 is 0 Å². The molecule has 0 aliphatic carbocycles. The molecule has 1 atom stereocenters. The first-order chi connectivity index (χ1) is 8.41. The van der Waals surface area contributed by atoms with Crippen molar-refractivity contribution in [3.63, 3.8) is 0 Å². The molecule has 0 aliphatic rings. The maximum atomic E-state index is 12.0. The third-order valence-corrected chi connectivity index (χ3v) is 1.85. The van der Waals surface area contributed by atoms with Gasteiger partial charge in [0, 0.05) is 13.0 Å². The Hall–Kier alpha value is -1.30. The molecule has 6 heteroatoms. The van der Waals surface area contributed by atoms with Gasteiger partial charge >= 0.3 is 12.1 Å². The standard InChI is InChI=1S/C13H25NO5/c1-12(2,3)18-9(7-8-14-11(16)17)10(15)19-13(4,5)6/h9,14H,7-8H2,1-6H3,(H,16,17)/t9-/m0/s1. The van der Waals surface area contributed by atoms with Gasteiger partial charge in [-0.1, -0.05) is 0 Å². The normalized spacial score (nSPS) is 13.8. The highest BCUT2D eigenvalue weighted by molar-refractivity contribution is 5.75. The summed E-state index contributed by atoms with van der Waals surface area (Å²) in [5, 5.41) is 10.7. The molecule has 0 unspecified atom stereocenters. The molecule has 19 heavy (non-hydrogen) atoms. The number of carboxylic acid groups (broad SMARTS) is 1. The third-order valence-electron chi connectivity index (χ3n) is 1.85. The second-order valence-electron chi connectivity index (χ2n) is 6.27. The summed E-state index contributed by atoms with van der Waals surface area (Å²) in [6.07, 6.45) is -1.68. The number of hydrogen-bond acceptors (Lipinski definition) is 4. The number of rotatable bonds is 5. The van der Waals surface area contributed by atoms with Crippen molar-refractivity contribution in [1.29, 1.82) is 0 Å². The minimum atomic E-state index is -1.13. The van der Waals surface area contributed by atoms with E-state index < -0.39 is 29.4 Å². The zero-order valence-corrected chi connectivity index (χ0v) is 12.6. The van der Waals surface area contributed by atoms with E-state index in [1.165, 1.54) is 0 Å². The SMILES string of the molecule is CC(C)(C)OC(=O)[C@H](CCNC(=O)O)OC(C)(C)C. The fourth-order valence-corrected chi connectivity index (χ4v) is 1.33. The maximum absolute atomic E-state index is 12.0. The molecule has 1 amide bonds. The summed E-state index contributed by atoms with van der Waals surface area (Å²) in [7, 11) is 0. The van der Waals surface area contributed by atoms with Crippen molar-refractivity contribution in [2.24, 2.45) is 0 Å².